The average Bonchev–Trinajstić information content (AvgIpc) is 1.78. The largest absolute Gasteiger partial charge is 0.508 e. The smallest absolute Gasteiger partial charge is 0.334 e. The summed E-state index contributed by atoms with van der Waals surface area (Å²) >= 11 is 0. The van der Waals surface area contributed by atoms with E-state index in [-0.39, 0.29) is 62.3 Å². The number of aliphatic hydroxyl groups is 2. The van der Waals surface area contributed by atoms with Gasteiger partial charge in [-0.05, 0) is 119 Å². The predicted molar refractivity (Wildman–Crippen MR) is 383 cm³/mol. The molecule has 2 aromatic rings. The number of carbonyl (C=O) groups is 14. The lowest BCUT2D eigenvalue weighted by Gasteiger charge is -2.30. The third-order valence-corrected chi connectivity index (χ3v) is 18.9. The third-order valence-electron chi connectivity index (χ3n) is 18.9. The van der Waals surface area contributed by atoms with Gasteiger partial charge in [-0.2, -0.15) is 0 Å². The Morgan fingerprint density at radius 3 is 1.76 bits per heavy atom. The van der Waals surface area contributed by atoms with E-state index in [9.17, 15) is 92.7 Å². The average molecular weight is 1480 g/mol. The van der Waals surface area contributed by atoms with Crippen molar-refractivity contribution in [1.29, 1.82) is 0 Å². The van der Waals surface area contributed by atoms with Crippen LogP contribution in [0.1, 0.15) is 200 Å². The number of unbranched alkanes of at least 4 members (excludes halogenated alkanes) is 7. The normalized spacial score (nSPS) is 22.2. The lowest BCUT2D eigenvalue weighted by Crippen LogP contribution is -2.62. The van der Waals surface area contributed by atoms with Crippen molar-refractivity contribution in [3.8, 4) is 11.5 Å². The number of hydrogen-bond donors (Lipinski definition) is 16. The minimum atomic E-state index is -1.98. The molecule has 32 nitrogen and oxygen atoms in total. The summed E-state index contributed by atoms with van der Waals surface area (Å²) < 4.78 is 5.82. The van der Waals surface area contributed by atoms with E-state index >= 15 is 0 Å². The molecule has 3 aliphatic heterocycles. The third kappa shape index (κ3) is 31.5. The van der Waals surface area contributed by atoms with Gasteiger partial charge in [0.15, 0.2) is 0 Å². The first-order valence-corrected chi connectivity index (χ1v) is 36.7. The molecule has 0 aromatic heterocycles. The zero-order chi connectivity index (χ0) is 77.9. The van der Waals surface area contributed by atoms with Crippen molar-refractivity contribution in [2.24, 2.45) is 23.3 Å². The van der Waals surface area contributed by atoms with Gasteiger partial charge in [-0.1, -0.05) is 123 Å². The van der Waals surface area contributed by atoms with Crippen LogP contribution >= 0.6 is 0 Å². The van der Waals surface area contributed by atoms with Crippen molar-refractivity contribution >= 4 is 82.9 Å². The number of benzene rings is 2. The van der Waals surface area contributed by atoms with Gasteiger partial charge >= 0.3 is 17.9 Å². The molecule has 5 rings (SSSR count). The second-order valence-electron chi connectivity index (χ2n) is 27.7. The molecule has 18 N–H and O–H groups in total. The highest BCUT2D eigenvalue weighted by molar-refractivity contribution is 5.99. The number of nitrogens with two attached hydrogens (primary N) is 2. The van der Waals surface area contributed by atoms with Crippen LogP contribution in [0.4, 0.5) is 0 Å². The van der Waals surface area contributed by atoms with Gasteiger partial charge in [0.05, 0.1) is 18.6 Å². The summed E-state index contributed by atoms with van der Waals surface area (Å²) in [5.74, 6) is -14.7. The number of carboxylic acid groups (broad SMARTS) is 2. The van der Waals surface area contributed by atoms with Crippen molar-refractivity contribution in [3.05, 3.63) is 59.7 Å². The Morgan fingerprint density at radius 1 is 0.610 bits per heavy atom. The summed E-state index contributed by atoms with van der Waals surface area (Å²) in [6, 6.07) is -4.88. The van der Waals surface area contributed by atoms with Crippen LogP contribution in [-0.2, 0) is 80.0 Å². The second kappa shape index (κ2) is 45.8. The first-order valence-electron chi connectivity index (χ1n) is 36.7. The van der Waals surface area contributed by atoms with Gasteiger partial charge in [0.2, 0.25) is 65.0 Å². The minimum Gasteiger partial charge on any atom is -0.508 e. The summed E-state index contributed by atoms with van der Waals surface area (Å²) in [5, 5.41) is 74.1. The zero-order valence-corrected chi connectivity index (χ0v) is 61.3. The number of aliphatic carboxylic acids is 2. The van der Waals surface area contributed by atoms with Gasteiger partial charge in [0, 0.05) is 38.6 Å². The van der Waals surface area contributed by atoms with E-state index in [2.05, 4.69) is 61.7 Å². The molecule has 1 fully saturated rings. The van der Waals surface area contributed by atoms with Gasteiger partial charge in [0.25, 0.3) is 0 Å². The highest BCUT2D eigenvalue weighted by atomic mass is 16.5. The van der Waals surface area contributed by atoms with Gasteiger partial charge in [-0.3, -0.25) is 62.3 Å². The number of nitrogens with one attached hydrogen (secondary N) is 9. The number of carbonyl (C=O) groups excluding carboxylic acids is 12. The van der Waals surface area contributed by atoms with E-state index in [1.54, 1.807) is 13.8 Å². The highest BCUT2D eigenvalue weighted by Gasteiger charge is 2.41. The molecule has 3 heterocycles. The topological polar surface area (TPSA) is 513 Å². The Hall–Kier alpha value is -9.30. The molecule has 0 aliphatic carbocycles. The fraction of sp³-hybridized carbons (Fsp3) is 0.644. The maximum atomic E-state index is 14.8. The number of aliphatic hydroxyl groups excluding tert-OH is 2. The highest BCUT2D eigenvalue weighted by Crippen LogP contribution is 2.23. The summed E-state index contributed by atoms with van der Waals surface area (Å²) in [6.07, 6.45) is 4.02. The van der Waals surface area contributed by atoms with Gasteiger partial charge in [-0.15, -0.1) is 0 Å². The quantitative estimate of drug-likeness (QED) is 0.0198. The van der Waals surface area contributed by atoms with Crippen LogP contribution in [0.25, 0.3) is 0 Å². The van der Waals surface area contributed by atoms with Crippen molar-refractivity contribution in [3.63, 3.8) is 0 Å². The van der Waals surface area contributed by atoms with E-state index in [1.807, 2.05) is 0 Å². The molecule has 0 saturated carbocycles. The number of primary amides is 1. The maximum Gasteiger partial charge on any atom is 0.334 e. The number of nitrogens with zero attached hydrogens (tertiary/aromatic N) is 1. The van der Waals surface area contributed by atoms with Crippen LogP contribution in [0.5, 0.6) is 11.5 Å². The van der Waals surface area contributed by atoms with Crippen LogP contribution < -0.4 is 64.1 Å². The van der Waals surface area contributed by atoms with Crippen molar-refractivity contribution in [1.82, 2.24) is 52.8 Å². The fourth-order valence-electron chi connectivity index (χ4n) is 12.2. The Bertz CT molecular complexity index is 3230. The Labute approximate surface area is 612 Å². The van der Waals surface area contributed by atoms with Crippen molar-refractivity contribution in [2.75, 3.05) is 13.1 Å². The number of hydrogen-bond acceptors (Lipinski definition) is 19. The molecule has 105 heavy (non-hydrogen) atoms. The Kier molecular flexibility index (Phi) is 38.4. The van der Waals surface area contributed by atoms with E-state index in [1.165, 1.54) is 81.1 Å². The second-order valence-corrected chi connectivity index (χ2v) is 27.7. The maximum absolute atomic E-state index is 14.8. The van der Waals surface area contributed by atoms with E-state index in [0.717, 1.165) is 49.8 Å². The first kappa shape index (κ1) is 88.1. The Balaban J connectivity index is 1.74. The number of fused-ring (bicyclic) bond motifs is 23. The predicted octanol–water partition coefficient (Wildman–Crippen LogP) is 1.33. The van der Waals surface area contributed by atoms with Gasteiger partial charge in [-0.25, -0.2) is 4.79 Å². The summed E-state index contributed by atoms with van der Waals surface area (Å²) in [4.78, 5) is 195. The number of phenols is 1. The number of amides is 11. The molecule has 2 aromatic carbocycles. The van der Waals surface area contributed by atoms with Gasteiger partial charge in [0.1, 0.15) is 71.9 Å². The molecule has 584 valence electrons. The van der Waals surface area contributed by atoms with E-state index in [4.69, 9.17) is 16.2 Å². The summed E-state index contributed by atoms with van der Waals surface area (Å²) in [5.41, 5.74) is 12.0. The van der Waals surface area contributed by atoms with Crippen molar-refractivity contribution < 1.29 is 97.4 Å². The number of rotatable bonds is 36. The van der Waals surface area contributed by atoms with E-state index in [0.29, 0.717) is 24.8 Å². The lowest BCUT2D eigenvalue weighted by atomic mass is 9.97. The number of esters is 1. The molecule has 2 bridgehead atoms. The molecule has 32 heteroatoms. The summed E-state index contributed by atoms with van der Waals surface area (Å²) in [6.45, 7) is 10.1. The monoisotopic (exact) mass is 1480 g/mol. The molecular formula is C73H112N12O20. The minimum absolute atomic E-state index is 0.0228. The van der Waals surface area contributed by atoms with Crippen LogP contribution in [0.3, 0.4) is 0 Å². The molecule has 0 spiro atoms. The van der Waals surface area contributed by atoms with Crippen LogP contribution in [0, 0.1) is 11.8 Å². The SMILES string of the molecule is CC[C@H](C)CCCCCCCCCC[C@H](O)CC(=O)N[C@@H](CCC(=O)O)C(=O)N[C@@H](CCCN)C(=O)N[C@H]1Cc2ccc(cc2)OC(=O)[C@H]([C@@H](C)CC)NC(=O)[C@H](Cc2ccc(O)cc2)NC(=O)[C@H](CCC(N)=O)NC(=O)[C@@H]2CCCN2C(=O)[C@H](C)NC(=O)[C@H](CCC(=O)O)NC(=O)[C@H]([C@@H](C)O)NC1=O. The Morgan fingerprint density at radius 2 is 1.17 bits per heavy atom. The van der Waals surface area contributed by atoms with Crippen LogP contribution in [0.2, 0.25) is 0 Å². The van der Waals surface area contributed by atoms with E-state index < -0.39 is 213 Å². The molecule has 14 atom stereocenters. The first-order chi connectivity index (χ1) is 49.8. The molecule has 11 amide bonds. The number of aromatic hydroxyl groups is 1. The lowest BCUT2D eigenvalue weighted by molar-refractivity contribution is -0.143. The van der Waals surface area contributed by atoms with Crippen LogP contribution in [0.15, 0.2) is 48.5 Å². The molecule has 1 saturated heterocycles. The number of ether oxygens (including phenoxy) is 1. The number of phenolic OH excluding ortho intramolecular Hbond substituents is 1. The van der Waals surface area contributed by atoms with Gasteiger partial charge < -0.3 is 94.5 Å². The van der Waals surface area contributed by atoms with Crippen LogP contribution in [-0.4, -0.2) is 199 Å². The number of carboxylic acids is 2. The van der Waals surface area contributed by atoms with Crippen molar-refractivity contribution in [2.45, 2.75) is 275 Å². The molecule has 3 aliphatic rings. The summed E-state index contributed by atoms with van der Waals surface area (Å²) in [7, 11) is 0. The molecule has 0 unspecified atom stereocenters. The fourth-order valence-corrected chi connectivity index (χ4v) is 12.2. The molecular weight excluding hydrogens is 1360 g/mol. The molecule has 0 radical (unpaired) electrons. The standard InChI is InChI=1S/C73H112N12O20/c1-7-42(3)19-15-13-11-9-10-12-14-16-20-49(88)41-59(90)77-52(32-35-60(91)92)66(97)78-51(21-17-37-74)65(96)81-56-40-47-25-29-50(30-26-47)105-73(104)62(43(4)8-2)83-68(99)55(39-46-23-27-48(87)28-24-46)82-67(98)53(31-34-58(75)89)79-70(101)57-22-18-38-85(57)72(103)44(5)76-64(95)54(33-36-61(93)94)80-71(102)63(45(6)86)84-69(56)100/h23-30,42-45,49,51-57,62-63,86-88H,7-22,31-41,74H2,1-6H3,(H2,75,89)(H,76,95)(H,77,90)(H,78,97)(H,79,101)(H,80,102)(H,81,96)(H,82,98)(H,83,99)(H,84,100)(H,91,92)(H,93,94)/t42-,43-,44-,45+,49-,51-,52-,53-,54-,55-,56-,57-,62-,63-/m0/s1. The zero-order valence-electron chi connectivity index (χ0n) is 61.3.